The lowest BCUT2D eigenvalue weighted by atomic mass is 10.3. The second-order valence-electron chi connectivity index (χ2n) is 1.74. The van der Waals surface area contributed by atoms with Gasteiger partial charge >= 0.3 is 6.18 Å². The average Bonchev–Trinajstić information content (AvgIpc) is 1.97. The molecular formula is C6H6BrF3N2. The lowest BCUT2D eigenvalue weighted by Crippen LogP contribution is -2.12. The molecule has 0 fully saturated rings. The van der Waals surface area contributed by atoms with Gasteiger partial charge in [0.15, 0.2) is 5.70 Å². The summed E-state index contributed by atoms with van der Waals surface area (Å²) in [6, 6.07) is 0. The lowest BCUT2D eigenvalue weighted by molar-refractivity contribution is -0.0930. The third-order valence-corrected chi connectivity index (χ3v) is 1.55. The Hall–Kier alpha value is -0.650. The molecule has 0 aromatic carbocycles. The van der Waals surface area contributed by atoms with E-state index >= 15 is 0 Å². The predicted octanol–water partition coefficient (Wildman–Crippen LogP) is 2.56. The molecule has 0 aliphatic rings. The SMILES string of the molecule is C=N/C(CBr)=C(\N=C)C(F)(F)F. The Balaban J connectivity index is 5.09. The molecule has 0 unspecified atom stereocenters. The summed E-state index contributed by atoms with van der Waals surface area (Å²) in [5.74, 6) is 0. The molecule has 0 bridgehead atoms. The second-order valence-corrected chi connectivity index (χ2v) is 2.30. The zero-order chi connectivity index (χ0) is 9.78. The van der Waals surface area contributed by atoms with Crippen molar-refractivity contribution in [1.82, 2.24) is 0 Å². The standard InChI is InChI=1S/C6H6BrF3N2/c1-11-4(3-7)5(12-2)6(8,9)10/h1-3H2/b5-4-. The van der Waals surface area contributed by atoms with Gasteiger partial charge in [0.1, 0.15) is 0 Å². The molecule has 6 heteroatoms. The van der Waals surface area contributed by atoms with Crippen LogP contribution in [0.5, 0.6) is 0 Å². The third kappa shape index (κ3) is 2.77. The van der Waals surface area contributed by atoms with Crippen LogP contribution in [0, 0.1) is 0 Å². The summed E-state index contributed by atoms with van der Waals surface area (Å²) in [5, 5.41) is -0.0512. The van der Waals surface area contributed by atoms with E-state index in [4.69, 9.17) is 0 Å². The molecule has 0 aromatic heterocycles. The van der Waals surface area contributed by atoms with E-state index in [0.29, 0.717) is 0 Å². The molecule has 0 atom stereocenters. The molecule has 12 heavy (non-hydrogen) atoms. The van der Waals surface area contributed by atoms with Gasteiger partial charge < -0.3 is 0 Å². The minimum atomic E-state index is -4.52. The van der Waals surface area contributed by atoms with Gasteiger partial charge in [-0.05, 0) is 13.4 Å². The fraction of sp³-hybridized carbons (Fsp3) is 0.333. The largest absolute Gasteiger partial charge is 0.435 e. The zero-order valence-corrected chi connectivity index (χ0v) is 7.61. The van der Waals surface area contributed by atoms with E-state index in [1.165, 1.54) is 0 Å². The molecule has 0 amide bonds. The first-order valence-corrected chi connectivity index (χ1v) is 3.89. The predicted molar refractivity (Wildman–Crippen MR) is 46.0 cm³/mol. The number of rotatable bonds is 3. The van der Waals surface area contributed by atoms with Crippen LogP contribution in [0.2, 0.25) is 0 Å². The lowest BCUT2D eigenvalue weighted by Gasteiger charge is -2.08. The molecule has 68 valence electrons. The maximum Gasteiger partial charge on any atom is 0.435 e. The Morgan fingerprint density at radius 2 is 1.75 bits per heavy atom. The van der Waals surface area contributed by atoms with Crippen LogP contribution in [-0.4, -0.2) is 24.9 Å². The molecule has 0 rings (SSSR count). The number of allylic oxidation sites excluding steroid dienone is 2. The normalized spacial score (nSPS) is 13.7. The van der Waals surface area contributed by atoms with Crippen molar-refractivity contribution in [2.75, 3.05) is 5.33 Å². The molecule has 0 aromatic rings. The first-order valence-electron chi connectivity index (χ1n) is 2.77. The second kappa shape index (κ2) is 4.39. The van der Waals surface area contributed by atoms with Gasteiger partial charge in [0, 0.05) is 5.33 Å². The Morgan fingerprint density at radius 3 is 1.83 bits per heavy atom. The van der Waals surface area contributed by atoms with E-state index in [1.54, 1.807) is 0 Å². The van der Waals surface area contributed by atoms with Gasteiger partial charge in [0.25, 0.3) is 0 Å². The van der Waals surface area contributed by atoms with Crippen molar-refractivity contribution in [2.45, 2.75) is 6.18 Å². The Labute approximate surface area is 76.0 Å². The molecule has 0 heterocycles. The number of aliphatic imine (C=N–C) groups is 2. The summed E-state index contributed by atoms with van der Waals surface area (Å²) in [7, 11) is 0. The van der Waals surface area contributed by atoms with E-state index in [2.05, 4.69) is 39.3 Å². The van der Waals surface area contributed by atoms with Crippen LogP contribution in [0.15, 0.2) is 21.4 Å². The fourth-order valence-corrected chi connectivity index (χ4v) is 0.968. The van der Waals surface area contributed by atoms with Crippen molar-refractivity contribution in [1.29, 1.82) is 0 Å². The molecule has 0 aliphatic heterocycles. The third-order valence-electron chi connectivity index (χ3n) is 1.02. The Bertz CT molecular complexity index is 219. The van der Waals surface area contributed by atoms with Crippen molar-refractivity contribution in [3.8, 4) is 0 Å². The van der Waals surface area contributed by atoms with Crippen LogP contribution in [0.3, 0.4) is 0 Å². The highest BCUT2D eigenvalue weighted by atomic mass is 79.9. The topological polar surface area (TPSA) is 24.7 Å². The van der Waals surface area contributed by atoms with Crippen LogP contribution >= 0.6 is 15.9 Å². The van der Waals surface area contributed by atoms with Gasteiger partial charge in [-0.25, -0.2) is 0 Å². The van der Waals surface area contributed by atoms with Crippen molar-refractivity contribution in [3.63, 3.8) is 0 Å². The van der Waals surface area contributed by atoms with Gasteiger partial charge in [0.05, 0.1) is 5.70 Å². The van der Waals surface area contributed by atoms with Gasteiger partial charge in [-0.1, -0.05) is 15.9 Å². The van der Waals surface area contributed by atoms with E-state index in [9.17, 15) is 13.2 Å². The van der Waals surface area contributed by atoms with E-state index in [1.807, 2.05) is 0 Å². The van der Waals surface area contributed by atoms with Crippen molar-refractivity contribution in [3.05, 3.63) is 11.4 Å². The summed E-state index contributed by atoms with van der Waals surface area (Å²) in [5.41, 5.74) is -1.37. The molecule has 0 aliphatic carbocycles. The van der Waals surface area contributed by atoms with Gasteiger partial charge in [-0.2, -0.15) is 13.2 Å². The highest BCUT2D eigenvalue weighted by molar-refractivity contribution is 9.09. The summed E-state index contributed by atoms with van der Waals surface area (Å²) in [6.07, 6.45) is -4.52. The molecule has 0 saturated heterocycles. The smallest absolute Gasteiger partial charge is 0.266 e. The summed E-state index contributed by atoms with van der Waals surface area (Å²) in [6.45, 7) is 5.80. The van der Waals surface area contributed by atoms with Gasteiger partial charge in [-0.15, -0.1) is 0 Å². The van der Waals surface area contributed by atoms with Crippen LogP contribution in [0.25, 0.3) is 0 Å². The highest BCUT2D eigenvalue weighted by Crippen LogP contribution is 2.29. The number of alkyl halides is 4. The Kier molecular flexibility index (Phi) is 4.16. The average molecular weight is 243 g/mol. The minimum Gasteiger partial charge on any atom is -0.266 e. The molecular weight excluding hydrogens is 237 g/mol. The molecule has 0 radical (unpaired) electrons. The number of nitrogens with zero attached hydrogens (tertiary/aromatic N) is 2. The minimum absolute atomic E-state index is 0.0512. The van der Waals surface area contributed by atoms with Crippen LogP contribution < -0.4 is 0 Å². The number of hydrogen-bond donors (Lipinski definition) is 0. The Morgan fingerprint density at radius 1 is 1.25 bits per heavy atom. The summed E-state index contributed by atoms with van der Waals surface area (Å²) < 4.78 is 36.1. The summed E-state index contributed by atoms with van der Waals surface area (Å²) in [4.78, 5) is 6.02. The first kappa shape index (κ1) is 11.4. The molecule has 0 saturated carbocycles. The quantitative estimate of drug-likeness (QED) is 0.537. The summed E-state index contributed by atoms with van der Waals surface area (Å²) >= 11 is 2.83. The fourth-order valence-electron chi connectivity index (χ4n) is 0.525. The van der Waals surface area contributed by atoms with Crippen molar-refractivity contribution < 1.29 is 13.2 Å². The monoisotopic (exact) mass is 242 g/mol. The number of halogens is 4. The van der Waals surface area contributed by atoms with E-state index in [-0.39, 0.29) is 11.0 Å². The molecule has 0 spiro atoms. The molecule has 0 N–H and O–H groups in total. The first-order chi connectivity index (χ1) is 5.47. The van der Waals surface area contributed by atoms with Crippen LogP contribution in [-0.2, 0) is 0 Å². The zero-order valence-electron chi connectivity index (χ0n) is 6.03. The van der Waals surface area contributed by atoms with Gasteiger partial charge in [0.2, 0.25) is 0 Å². The van der Waals surface area contributed by atoms with Crippen LogP contribution in [0.4, 0.5) is 13.2 Å². The van der Waals surface area contributed by atoms with Crippen molar-refractivity contribution >= 4 is 29.4 Å². The van der Waals surface area contributed by atoms with Crippen LogP contribution in [0.1, 0.15) is 0 Å². The maximum atomic E-state index is 12.0. The number of hydrogen-bond acceptors (Lipinski definition) is 2. The maximum absolute atomic E-state index is 12.0. The molecule has 2 nitrogen and oxygen atoms in total. The highest BCUT2D eigenvalue weighted by Gasteiger charge is 2.35. The van der Waals surface area contributed by atoms with Crippen molar-refractivity contribution in [2.24, 2.45) is 9.98 Å². The van der Waals surface area contributed by atoms with E-state index < -0.39 is 11.9 Å². The van der Waals surface area contributed by atoms with E-state index in [0.717, 1.165) is 0 Å². The van der Waals surface area contributed by atoms with Gasteiger partial charge in [-0.3, -0.25) is 9.98 Å².